The molecule has 7 nitrogen and oxygen atoms in total. The predicted molar refractivity (Wildman–Crippen MR) is 111 cm³/mol. The van der Waals surface area contributed by atoms with Crippen LogP contribution in [0.4, 0.5) is 5.69 Å². The summed E-state index contributed by atoms with van der Waals surface area (Å²) in [6.07, 6.45) is -1.14. The number of ether oxygens (including phenoxy) is 1. The van der Waals surface area contributed by atoms with E-state index >= 15 is 0 Å². The number of phenols is 1. The van der Waals surface area contributed by atoms with Crippen molar-refractivity contribution >= 4 is 29.1 Å². The van der Waals surface area contributed by atoms with Crippen LogP contribution in [0.25, 0.3) is 0 Å². The van der Waals surface area contributed by atoms with Gasteiger partial charge in [-0.1, -0.05) is 30.3 Å². The van der Waals surface area contributed by atoms with Gasteiger partial charge in [0, 0.05) is 27.9 Å². The average molecular weight is 415 g/mol. The number of aromatic hydroxyl groups is 1. The first-order chi connectivity index (χ1) is 14.8. The normalized spacial score (nSPS) is 13.1. The van der Waals surface area contributed by atoms with E-state index in [1.807, 2.05) is 0 Å². The van der Waals surface area contributed by atoms with E-state index in [0.717, 1.165) is 0 Å². The summed E-state index contributed by atoms with van der Waals surface area (Å²) in [6, 6.07) is 16.6. The number of amides is 1. The quantitative estimate of drug-likeness (QED) is 0.495. The molecule has 0 unspecified atom stereocenters. The molecule has 2 N–H and O–H groups in total. The zero-order valence-electron chi connectivity index (χ0n) is 16.4. The topological polar surface area (TPSA) is 110 Å². The van der Waals surface area contributed by atoms with Gasteiger partial charge in [0.2, 0.25) is 0 Å². The highest BCUT2D eigenvalue weighted by atomic mass is 16.5. The maximum Gasteiger partial charge on any atom is 0.339 e. The van der Waals surface area contributed by atoms with Crippen molar-refractivity contribution in [1.29, 1.82) is 0 Å². The van der Waals surface area contributed by atoms with Gasteiger partial charge in [0.1, 0.15) is 5.75 Å². The molecule has 1 aliphatic rings. The molecule has 3 aromatic rings. The molecule has 7 heteroatoms. The fraction of sp³-hybridized carbons (Fsp3) is 0.0833. The number of hydrogen-bond donors (Lipinski definition) is 2. The standard InChI is InChI=1S/C24H17NO6/c1-13(31-24(30)14-5-4-6-16(26)11-14)23(29)25-15-9-10-19-20(12-15)22(28)18-8-3-2-7-17(18)21(19)27/h2-13,26H,1H3,(H,25,29)/t13-/m1/s1. The lowest BCUT2D eigenvalue weighted by molar-refractivity contribution is -0.123. The van der Waals surface area contributed by atoms with Gasteiger partial charge >= 0.3 is 5.97 Å². The van der Waals surface area contributed by atoms with Crippen LogP contribution in [0.1, 0.15) is 49.1 Å². The van der Waals surface area contributed by atoms with Crippen molar-refractivity contribution in [3.63, 3.8) is 0 Å². The number of hydrogen-bond acceptors (Lipinski definition) is 6. The summed E-state index contributed by atoms with van der Waals surface area (Å²) in [5.74, 6) is -2.02. The third kappa shape index (κ3) is 3.81. The molecule has 0 saturated heterocycles. The number of rotatable bonds is 4. The monoisotopic (exact) mass is 415 g/mol. The Morgan fingerprint density at radius 3 is 2.16 bits per heavy atom. The summed E-state index contributed by atoms with van der Waals surface area (Å²) < 4.78 is 5.14. The van der Waals surface area contributed by atoms with Crippen LogP contribution in [0.5, 0.6) is 5.75 Å². The van der Waals surface area contributed by atoms with Crippen molar-refractivity contribution in [2.75, 3.05) is 5.32 Å². The van der Waals surface area contributed by atoms with Crippen LogP contribution in [-0.4, -0.2) is 34.7 Å². The molecule has 4 rings (SSSR count). The molecule has 1 amide bonds. The van der Waals surface area contributed by atoms with E-state index in [-0.39, 0.29) is 34.0 Å². The molecular weight excluding hydrogens is 398 g/mol. The zero-order valence-corrected chi connectivity index (χ0v) is 16.4. The van der Waals surface area contributed by atoms with E-state index in [2.05, 4.69) is 5.32 Å². The Bertz CT molecular complexity index is 1250. The van der Waals surface area contributed by atoms with E-state index in [0.29, 0.717) is 16.8 Å². The van der Waals surface area contributed by atoms with Gasteiger partial charge in [-0.05, 0) is 43.3 Å². The first-order valence-electron chi connectivity index (χ1n) is 9.48. The van der Waals surface area contributed by atoms with Gasteiger partial charge in [-0.15, -0.1) is 0 Å². The minimum atomic E-state index is -1.14. The second kappa shape index (κ2) is 7.87. The summed E-state index contributed by atoms with van der Waals surface area (Å²) in [7, 11) is 0. The molecule has 0 aromatic heterocycles. The lowest BCUT2D eigenvalue weighted by Crippen LogP contribution is -2.30. The van der Waals surface area contributed by atoms with Crippen LogP contribution in [0.2, 0.25) is 0 Å². The molecule has 3 aromatic carbocycles. The third-order valence-electron chi connectivity index (χ3n) is 4.93. The summed E-state index contributed by atoms with van der Waals surface area (Å²) in [5.41, 5.74) is 1.54. The largest absolute Gasteiger partial charge is 0.508 e. The van der Waals surface area contributed by atoms with Gasteiger partial charge in [0.05, 0.1) is 5.56 Å². The number of phenolic OH excluding ortho intramolecular Hbond substituents is 1. The smallest absolute Gasteiger partial charge is 0.339 e. The Morgan fingerprint density at radius 1 is 0.839 bits per heavy atom. The van der Waals surface area contributed by atoms with Crippen LogP contribution < -0.4 is 5.32 Å². The highest BCUT2D eigenvalue weighted by molar-refractivity contribution is 6.28. The molecule has 0 radical (unpaired) electrons. The number of ketones is 2. The van der Waals surface area contributed by atoms with Gasteiger partial charge in [-0.2, -0.15) is 0 Å². The highest BCUT2D eigenvalue weighted by Gasteiger charge is 2.29. The lowest BCUT2D eigenvalue weighted by atomic mass is 9.84. The van der Waals surface area contributed by atoms with Crippen LogP contribution in [0, 0.1) is 0 Å². The van der Waals surface area contributed by atoms with Crippen LogP contribution in [0.3, 0.4) is 0 Å². The number of nitrogens with one attached hydrogen (secondary N) is 1. The first-order valence-corrected chi connectivity index (χ1v) is 9.48. The molecule has 154 valence electrons. The van der Waals surface area contributed by atoms with E-state index in [1.54, 1.807) is 24.3 Å². The van der Waals surface area contributed by atoms with Crippen molar-refractivity contribution in [2.45, 2.75) is 13.0 Å². The number of carbonyl (C=O) groups excluding carboxylic acids is 4. The highest BCUT2D eigenvalue weighted by Crippen LogP contribution is 2.29. The second-order valence-electron chi connectivity index (χ2n) is 7.05. The Kier molecular flexibility index (Phi) is 5.09. The van der Waals surface area contributed by atoms with Gasteiger partial charge in [-0.3, -0.25) is 14.4 Å². The Morgan fingerprint density at radius 2 is 1.48 bits per heavy atom. The zero-order chi connectivity index (χ0) is 22.1. The molecule has 0 fully saturated rings. The van der Waals surface area contributed by atoms with Crippen LogP contribution in [0.15, 0.2) is 66.7 Å². The third-order valence-corrected chi connectivity index (χ3v) is 4.93. The predicted octanol–water partition coefficient (Wildman–Crippen LogP) is 3.35. The molecule has 0 aliphatic heterocycles. The van der Waals surface area contributed by atoms with E-state index in [4.69, 9.17) is 4.74 Å². The Hall–Kier alpha value is -4.26. The van der Waals surface area contributed by atoms with Gasteiger partial charge in [0.15, 0.2) is 17.7 Å². The van der Waals surface area contributed by atoms with E-state index in [9.17, 15) is 24.3 Å². The van der Waals surface area contributed by atoms with E-state index < -0.39 is 18.0 Å². The SMILES string of the molecule is C[C@@H](OC(=O)c1cccc(O)c1)C(=O)Nc1ccc2c(c1)C(=O)c1ccccc1C2=O. The molecule has 0 saturated carbocycles. The lowest BCUT2D eigenvalue weighted by Gasteiger charge is -2.19. The molecule has 1 atom stereocenters. The number of fused-ring (bicyclic) bond motifs is 2. The minimum Gasteiger partial charge on any atom is -0.508 e. The number of esters is 1. The van der Waals surface area contributed by atoms with Gasteiger partial charge < -0.3 is 15.2 Å². The van der Waals surface area contributed by atoms with Crippen LogP contribution >= 0.6 is 0 Å². The van der Waals surface area contributed by atoms with Crippen molar-refractivity contribution in [1.82, 2.24) is 0 Å². The molecule has 31 heavy (non-hydrogen) atoms. The summed E-state index contributed by atoms with van der Waals surface area (Å²) in [5, 5.41) is 12.1. The van der Waals surface area contributed by atoms with Crippen molar-refractivity contribution in [3.8, 4) is 5.75 Å². The maximum atomic E-state index is 12.8. The minimum absolute atomic E-state index is 0.0959. The summed E-state index contributed by atoms with van der Waals surface area (Å²) in [6.45, 7) is 1.40. The molecular formula is C24H17NO6. The average Bonchev–Trinajstić information content (AvgIpc) is 2.77. The van der Waals surface area contributed by atoms with Crippen molar-refractivity contribution < 1.29 is 29.0 Å². The first kappa shape index (κ1) is 20.0. The Balaban J connectivity index is 1.50. The van der Waals surface area contributed by atoms with Gasteiger partial charge in [-0.25, -0.2) is 4.79 Å². The molecule has 0 heterocycles. The van der Waals surface area contributed by atoms with Gasteiger partial charge in [0.25, 0.3) is 5.91 Å². The Labute approximate surface area is 177 Å². The van der Waals surface area contributed by atoms with Crippen molar-refractivity contribution in [2.24, 2.45) is 0 Å². The molecule has 0 spiro atoms. The fourth-order valence-electron chi connectivity index (χ4n) is 3.34. The van der Waals surface area contributed by atoms with Crippen LogP contribution in [-0.2, 0) is 9.53 Å². The second-order valence-corrected chi connectivity index (χ2v) is 7.05. The fourth-order valence-corrected chi connectivity index (χ4v) is 3.34. The number of anilines is 1. The summed E-state index contributed by atoms with van der Waals surface area (Å²) >= 11 is 0. The molecule has 1 aliphatic carbocycles. The van der Waals surface area contributed by atoms with E-state index in [1.165, 1.54) is 49.4 Å². The number of carbonyl (C=O) groups is 4. The van der Waals surface area contributed by atoms with Crippen molar-refractivity contribution in [3.05, 3.63) is 94.5 Å². The summed E-state index contributed by atoms with van der Waals surface area (Å²) in [4.78, 5) is 50.1. The number of benzene rings is 3. The molecule has 0 bridgehead atoms. The maximum absolute atomic E-state index is 12.8.